The van der Waals surface area contributed by atoms with E-state index < -0.39 is 16.1 Å². The topological polar surface area (TPSA) is 66.5 Å². The van der Waals surface area contributed by atoms with Crippen molar-refractivity contribution in [1.82, 2.24) is 5.32 Å². The van der Waals surface area contributed by atoms with Gasteiger partial charge in [-0.1, -0.05) is 43.3 Å². The number of carbonyl (C=O) groups is 1. The van der Waals surface area contributed by atoms with Gasteiger partial charge in [0.2, 0.25) is 15.9 Å². The number of fused-ring (bicyclic) bond motifs is 1. The Morgan fingerprint density at radius 3 is 2.64 bits per heavy atom. The summed E-state index contributed by atoms with van der Waals surface area (Å²) in [6.45, 7) is 3.75. The molecule has 0 bridgehead atoms. The Balaban J connectivity index is 1.90. The Morgan fingerprint density at radius 1 is 1.21 bits per heavy atom. The molecule has 1 aliphatic rings. The van der Waals surface area contributed by atoms with Crippen LogP contribution in [0.2, 0.25) is 0 Å². The van der Waals surface area contributed by atoms with Crippen molar-refractivity contribution < 1.29 is 13.2 Å². The van der Waals surface area contributed by atoms with Crippen molar-refractivity contribution in [3.63, 3.8) is 0 Å². The molecule has 0 aromatic heterocycles. The van der Waals surface area contributed by atoms with Gasteiger partial charge in [-0.15, -0.1) is 0 Å². The van der Waals surface area contributed by atoms with Gasteiger partial charge in [-0.3, -0.25) is 9.10 Å². The molecule has 1 amide bonds. The van der Waals surface area contributed by atoms with Crippen molar-refractivity contribution in [3.05, 3.63) is 65.2 Å². The minimum Gasteiger partial charge on any atom is -0.347 e. The lowest BCUT2D eigenvalue weighted by atomic mass is 9.87. The van der Waals surface area contributed by atoms with Crippen LogP contribution in [-0.2, 0) is 21.2 Å². The second kappa shape index (κ2) is 8.35. The van der Waals surface area contributed by atoms with Crippen LogP contribution in [0.3, 0.4) is 0 Å². The molecule has 2 atom stereocenters. The fourth-order valence-corrected chi connectivity index (χ4v) is 5.20. The number of aryl methyl sites for hydroxylation is 2. The molecule has 0 aliphatic heterocycles. The average molecular weight is 401 g/mol. The van der Waals surface area contributed by atoms with E-state index in [9.17, 15) is 13.2 Å². The molecule has 5 nitrogen and oxygen atoms in total. The van der Waals surface area contributed by atoms with Gasteiger partial charge >= 0.3 is 0 Å². The molecule has 1 aliphatic carbocycles. The fraction of sp³-hybridized carbons (Fsp3) is 0.409. The Kier molecular flexibility index (Phi) is 6.08. The quantitative estimate of drug-likeness (QED) is 0.803. The Bertz CT molecular complexity index is 956. The van der Waals surface area contributed by atoms with Gasteiger partial charge in [0.05, 0.1) is 18.0 Å². The monoisotopic (exact) mass is 400 g/mol. The van der Waals surface area contributed by atoms with Gasteiger partial charge in [-0.25, -0.2) is 8.42 Å². The molecule has 3 rings (SSSR count). The largest absolute Gasteiger partial charge is 0.347 e. The lowest BCUT2D eigenvalue weighted by Crippen LogP contribution is -2.50. The zero-order chi connectivity index (χ0) is 20.3. The van der Waals surface area contributed by atoms with Crippen molar-refractivity contribution >= 4 is 21.6 Å². The molecule has 0 saturated heterocycles. The van der Waals surface area contributed by atoms with Crippen LogP contribution < -0.4 is 9.62 Å². The lowest BCUT2D eigenvalue weighted by Gasteiger charge is -2.33. The minimum absolute atomic E-state index is 0.0783. The number of nitrogens with zero attached hydrogens (tertiary/aromatic N) is 1. The van der Waals surface area contributed by atoms with Gasteiger partial charge in [0.1, 0.15) is 6.04 Å². The zero-order valence-corrected chi connectivity index (χ0v) is 17.5. The van der Waals surface area contributed by atoms with Crippen LogP contribution >= 0.6 is 0 Å². The van der Waals surface area contributed by atoms with Crippen LogP contribution in [-0.4, -0.2) is 26.6 Å². The van der Waals surface area contributed by atoms with E-state index >= 15 is 0 Å². The summed E-state index contributed by atoms with van der Waals surface area (Å²) in [5, 5.41) is 3.12. The highest BCUT2D eigenvalue weighted by molar-refractivity contribution is 7.92. The number of anilines is 1. The van der Waals surface area contributed by atoms with Crippen LogP contribution in [0.5, 0.6) is 0 Å². The third kappa shape index (κ3) is 4.38. The van der Waals surface area contributed by atoms with Gasteiger partial charge < -0.3 is 5.32 Å². The molecule has 0 unspecified atom stereocenters. The van der Waals surface area contributed by atoms with E-state index in [4.69, 9.17) is 0 Å². The van der Waals surface area contributed by atoms with E-state index in [-0.39, 0.29) is 11.9 Å². The molecule has 150 valence electrons. The van der Waals surface area contributed by atoms with Crippen LogP contribution in [0.1, 0.15) is 48.9 Å². The van der Waals surface area contributed by atoms with E-state index in [0.29, 0.717) is 12.1 Å². The first-order chi connectivity index (χ1) is 13.3. The van der Waals surface area contributed by atoms with Gasteiger partial charge in [0, 0.05) is 0 Å². The summed E-state index contributed by atoms with van der Waals surface area (Å²) in [6, 6.07) is 14.5. The molecule has 0 spiro atoms. The number of amides is 1. The minimum atomic E-state index is -3.62. The third-order valence-electron chi connectivity index (χ3n) is 5.27. The normalized spacial score (nSPS) is 17.5. The summed E-state index contributed by atoms with van der Waals surface area (Å²) >= 11 is 0. The number of carbonyl (C=O) groups excluding carboxylic acids is 1. The molecule has 0 radical (unpaired) electrons. The highest BCUT2D eigenvalue weighted by Gasteiger charge is 2.33. The van der Waals surface area contributed by atoms with Crippen LogP contribution in [0.25, 0.3) is 0 Å². The second-order valence-corrected chi connectivity index (χ2v) is 9.33. The van der Waals surface area contributed by atoms with E-state index in [1.807, 2.05) is 38.1 Å². The Hall–Kier alpha value is -2.34. The Morgan fingerprint density at radius 2 is 1.96 bits per heavy atom. The highest BCUT2D eigenvalue weighted by Crippen LogP contribution is 2.30. The fourth-order valence-electron chi connectivity index (χ4n) is 4.00. The first-order valence-corrected chi connectivity index (χ1v) is 11.6. The number of hydrogen-bond donors (Lipinski definition) is 1. The third-order valence-corrected chi connectivity index (χ3v) is 6.45. The number of nitrogens with one attached hydrogen (secondary N) is 1. The van der Waals surface area contributed by atoms with E-state index in [2.05, 4.69) is 17.4 Å². The average Bonchev–Trinajstić information content (AvgIpc) is 2.65. The summed E-state index contributed by atoms with van der Waals surface area (Å²) in [5.41, 5.74) is 3.86. The van der Waals surface area contributed by atoms with Crippen LogP contribution in [0, 0.1) is 6.92 Å². The van der Waals surface area contributed by atoms with Gasteiger partial charge in [-0.2, -0.15) is 0 Å². The van der Waals surface area contributed by atoms with Gasteiger partial charge in [0.15, 0.2) is 0 Å². The SMILES string of the molecule is CC[C@@H](C(=O)N[C@H]1CCCc2ccccc21)N(c1cccc(C)c1)S(C)(=O)=O. The number of benzene rings is 2. The highest BCUT2D eigenvalue weighted by atomic mass is 32.2. The molecule has 2 aromatic carbocycles. The van der Waals surface area contributed by atoms with Crippen molar-refractivity contribution in [2.75, 3.05) is 10.6 Å². The Labute approximate surface area is 167 Å². The first kappa shape index (κ1) is 20.4. The summed E-state index contributed by atoms with van der Waals surface area (Å²) in [4.78, 5) is 13.2. The zero-order valence-electron chi connectivity index (χ0n) is 16.7. The number of rotatable bonds is 6. The molecule has 0 saturated carbocycles. The summed E-state index contributed by atoms with van der Waals surface area (Å²) < 4.78 is 26.4. The maximum Gasteiger partial charge on any atom is 0.244 e. The maximum atomic E-state index is 13.2. The number of sulfonamides is 1. The van der Waals surface area contributed by atoms with E-state index in [0.717, 1.165) is 36.6 Å². The molecular formula is C22H28N2O3S. The molecule has 0 fully saturated rings. The number of hydrogen-bond acceptors (Lipinski definition) is 3. The van der Waals surface area contributed by atoms with Gasteiger partial charge in [0.25, 0.3) is 0 Å². The standard InChI is InChI=1S/C22H28N2O3S/c1-4-21(24(28(3,26)27)18-12-7-9-16(2)15-18)22(25)23-20-14-8-11-17-10-5-6-13-19(17)20/h5-7,9-10,12-13,15,20-21H,4,8,11,14H2,1-3H3,(H,23,25)/t20-,21-/m0/s1. The predicted molar refractivity (Wildman–Crippen MR) is 113 cm³/mol. The molecule has 6 heteroatoms. The van der Waals surface area contributed by atoms with Crippen molar-refractivity contribution in [2.45, 2.75) is 51.6 Å². The van der Waals surface area contributed by atoms with Crippen molar-refractivity contribution in [3.8, 4) is 0 Å². The smallest absolute Gasteiger partial charge is 0.244 e. The van der Waals surface area contributed by atoms with E-state index in [1.165, 1.54) is 9.87 Å². The van der Waals surface area contributed by atoms with E-state index in [1.54, 1.807) is 12.1 Å². The lowest BCUT2D eigenvalue weighted by molar-refractivity contribution is -0.123. The first-order valence-electron chi connectivity index (χ1n) is 9.75. The molecule has 28 heavy (non-hydrogen) atoms. The molecule has 1 N–H and O–H groups in total. The van der Waals surface area contributed by atoms with Crippen LogP contribution in [0.15, 0.2) is 48.5 Å². The molecule has 0 heterocycles. The second-order valence-electron chi connectivity index (χ2n) is 7.47. The summed E-state index contributed by atoms with van der Waals surface area (Å²) in [5.74, 6) is -0.254. The van der Waals surface area contributed by atoms with Crippen molar-refractivity contribution in [2.24, 2.45) is 0 Å². The predicted octanol–water partition coefficient (Wildman–Crippen LogP) is 3.73. The van der Waals surface area contributed by atoms with Crippen LogP contribution in [0.4, 0.5) is 5.69 Å². The molecular weight excluding hydrogens is 372 g/mol. The molecule has 2 aromatic rings. The van der Waals surface area contributed by atoms with Gasteiger partial charge in [-0.05, 0) is 61.4 Å². The summed E-state index contributed by atoms with van der Waals surface area (Å²) in [7, 11) is -3.62. The maximum absolute atomic E-state index is 13.2. The summed E-state index contributed by atoms with van der Waals surface area (Å²) in [6.07, 6.45) is 4.43. The van der Waals surface area contributed by atoms with Crippen molar-refractivity contribution in [1.29, 1.82) is 0 Å².